The SMILES string of the molecule is O=C1NC(=O)C(=Cc2ccc(C#CCN3c4ccccc4Sc4ccc(Cl)cc43)cc2)S1. The number of imide groups is 1. The second-order valence-electron chi connectivity index (χ2n) is 7.04. The minimum atomic E-state index is -0.357. The molecule has 2 aliphatic heterocycles. The van der Waals surface area contributed by atoms with E-state index in [1.54, 1.807) is 17.8 Å². The summed E-state index contributed by atoms with van der Waals surface area (Å²) in [4.78, 5) is 27.9. The fourth-order valence-corrected chi connectivity index (χ4v) is 5.35. The van der Waals surface area contributed by atoms with Gasteiger partial charge in [0.2, 0.25) is 0 Å². The molecule has 0 spiro atoms. The lowest BCUT2D eigenvalue weighted by Gasteiger charge is -2.31. The van der Waals surface area contributed by atoms with E-state index in [-0.39, 0.29) is 11.1 Å². The van der Waals surface area contributed by atoms with E-state index in [2.05, 4.69) is 34.2 Å². The van der Waals surface area contributed by atoms with Crippen LogP contribution < -0.4 is 10.2 Å². The van der Waals surface area contributed by atoms with Gasteiger partial charge in [-0.3, -0.25) is 14.9 Å². The lowest BCUT2D eigenvalue weighted by atomic mass is 10.1. The van der Waals surface area contributed by atoms with E-state index in [0.717, 1.165) is 39.2 Å². The highest BCUT2D eigenvalue weighted by Gasteiger charge is 2.25. The van der Waals surface area contributed by atoms with E-state index in [1.165, 1.54) is 4.90 Å². The van der Waals surface area contributed by atoms with Crippen LogP contribution in [0.3, 0.4) is 0 Å². The largest absolute Gasteiger partial charge is 0.328 e. The Bertz CT molecular complexity index is 1340. The summed E-state index contributed by atoms with van der Waals surface area (Å²) in [6.45, 7) is 0.523. The molecule has 3 aromatic rings. The number of carbonyl (C=O) groups is 2. The van der Waals surface area contributed by atoms with Gasteiger partial charge >= 0.3 is 0 Å². The van der Waals surface area contributed by atoms with Gasteiger partial charge in [-0.2, -0.15) is 0 Å². The summed E-state index contributed by atoms with van der Waals surface area (Å²) in [5.74, 6) is 6.13. The Kier molecular flexibility index (Phi) is 5.71. The van der Waals surface area contributed by atoms with E-state index >= 15 is 0 Å². The fraction of sp³-hybridized carbons (Fsp3) is 0.0400. The van der Waals surface area contributed by atoms with Crippen LogP contribution in [0.1, 0.15) is 11.1 Å². The van der Waals surface area contributed by atoms with Crippen LogP contribution in [0.5, 0.6) is 0 Å². The van der Waals surface area contributed by atoms with Crippen LogP contribution in [0.15, 0.2) is 81.4 Å². The molecule has 0 unspecified atom stereocenters. The molecule has 0 saturated carbocycles. The number of benzene rings is 3. The Labute approximate surface area is 199 Å². The molecule has 0 aliphatic carbocycles. The molecule has 1 N–H and O–H groups in total. The number of amides is 2. The van der Waals surface area contributed by atoms with Gasteiger partial charge in [0, 0.05) is 20.4 Å². The summed E-state index contributed by atoms with van der Waals surface area (Å²) in [5, 5.41) is 2.61. The highest BCUT2D eigenvalue weighted by atomic mass is 35.5. The number of anilines is 2. The van der Waals surface area contributed by atoms with Crippen molar-refractivity contribution >= 4 is 63.7 Å². The Morgan fingerprint density at radius 1 is 0.938 bits per heavy atom. The molecular formula is C25H15ClN2O2S2. The number of rotatable bonds is 2. The molecule has 4 nitrogen and oxygen atoms in total. The highest BCUT2D eigenvalue weighted by molar-refractivity contribution is 8.18. The van der Waals surface area contributed by atoms with E-state index < -0.39 is 0 Å². The van der Waals surface area contributed by atoms with Crippen LogP contribution in [0, 0.1) is 11.8 Å². The minimum absolute atomic E-state index is 0.343. The van der Waals surface area contributed by atoms with Gasteiger partial charge in [0.25, 0.3) is 11.1 Å². The Morgan fingerprint density at radius 2 is 1.72 bits per heavy atom. The van der Waals surface area contributed by atoms with Crippen molar-refractivity contribution in [2.45, 2.75) is 9.79 Å². The fourth-order valence-electron chi connectivity index (χ4n) is 3.43. The summed E-state index contributed by atoms with van der Waals surface area (Å²) in [5.41, 5.74) is 3.89. The van der Waals surface area contributed by atoms with Crippen molar-refractivity contribution in [2.24, 2.45) is 0 Å². The molecule has 3 aromatic carbocycles. The zero-order chi connectivity index (χ0) is 22.1. The van der Waals surface area contributed by atoms with Crippen LogP contribution in [-0.2, 0) is 4.79 Å². The molecule has 0 radical (unpaired) electrons. The first-order valence-corrected chi connectivity index (χ1v) is 11.8. The number of hydrogen-bond donors (Lipinski definition) is 1. The van der Waals surface area contributed by atoms with Gasteiger partial charge in [0.15, 0.2) is 0 Å². The third-order valence-corrected chi connectivity index (χ3v) is 7.08. The third kappa shape index (κ3) is 4.28. The quantitative estimate of drug-likeness (QED) is 0.348. The number of fused-ring (bicyclic) bond motifs is 2. The molecule has 2 aliphatic rings. The Balaban J connectivity index is 1.37. The van der Waals surface area contributed by atoms with Gasteiger partial charge in [-0.05, 0) is 65.9 Å². The van der Waals surface area contributed by atoms with Crippen LogP contribution in [-0.4, -0.2) is 17.7 Å². The number of nitrogens with one attached hydrogen (secondary N) is 1. The topological polar surface area (TPSA) is 49.4 Å². The van der Waals surface area contributed by atoms with Crippen molar-refractivity contribution < 1.29 is 9.59 Å². The van der Waals surface area contributed by atoms with Gasteiger partial charge in [0.05, 0.1) is 22.8 Å². The number of para-hydroxylation sites is 1. The molecule has 5 rings (SSSR count). The number of hydrogen-bond acceptors (Lipinski definition) is 5. The number of nitrogens with zero attached hydrogens (tertiary/aromatic N) is 1. The van der Waals surface area contributed by atoms with Crippen molar-refractivity contribution in [2.75, 3.05) is 11.4 Å². The van der Waals surface area contributed by atoms with Crippen molar-refractivity contribution in [1.29, 1.82) is 0 Å². The van der Waals surface area contributed by atoms with Gasteiger partial charge < -0.3 is 4.90 Å². The molecule has 32 heavy (non-hydrogen) atoms. The molecule has 1 saturated heterocycles. The van der Waals surface area contributed by atoms with E-state index in [0.29, 0.717) is 16.5 Å². The van der Waals surface area contributed by atoms with Gasteiger partial charge in [0.1, 0.15) is 0 Å². The van der Waals surface area contributed by atoms with Gasteiger partial charge in [-0.1, -0.05) is 59.5 Å². The second kappa shape index (κ2) is 8.79. The average Bonchev–Trinajstić information content (AvgIpc) is 3.11. The summed E-state index contributed by atoms with van der Waals surface area (Å²) < 4.78 is 0. The maximum atomic E-state index is 11.7. The van der Waals surface area contributed by atoms with E-state index in [9.17, 15) is 9.59 Å². The zero-order valence-electron chi connectivity index (χ0n) is 16.6. The summed E-state index contributed by atoms with van der Waals surface area (Å²) in [6, 6.07) is 21.8. The number of halogens is 1. The first kappa shape index (κ1) is 20.8. The van der Waals surface area contributed by atoms with Gasteiger partial charge in [-0.15, -0.1) is 0 Å². The average molecular weight is 475 g/mol. The Hall–Kier alpha value is -3.11. The molecule has 156 valence electrons. The third-order valence-electron chi connectivity index (χ3n) is 4.91. The number of thioether (sulfide) groups is 1. The summed E-state index contributed by atoms with van der Waals surface area (Å²) in [7, 11) is 0. The molecule has 2 heterocycles. The maximum Gasteiger partial charge on any atom is 0.290 e. The lowest BCUT2D eigenvalue weighted by Crippen LogP contribution is -2.20. The van der Waals surface area contributed by atoms with Crippen molar-refractivity contribution in [3.05, 3.63) is 87.8 Å². The second-order valence-corrected chi connectivity index (χ2v) is 9.58. The maximum absolute atomic E-state index is 11.7. The zero-order valence-corrected chi connectivity index (χ0v) is 19.0. The lowest BCUT2D eigenvalue weighted by molar-refractivity contribution is -0.115. The summed E-state index contributed by atoms with van der Waals surface area (Å²) in [6.07, 6.45) is 1.70. The van der Waals surface area contributed by atoms with Gasteiger partial charge in [-0.25, -0.2) is 0 Å². The molecule has 7 heteroatoms. The molecule has 0 atom stereocenters. The van der Waals surface area contributed by atoms with Crippen LogP contribution in [0.2, 0.25) is 5.02 Å². The minimum Gasteiger partial charge on any atom is -0.328 e. The first-order chi connectivity index (χ1) is 15.6. The van der Waals surface area contributed by atoms with Crippen molar-refractivity contribution in [1.82, 2.24) is 5.32 Å². The van der Waals surface area contributed by atoms with Crippen LogP contribution in [0.4, 0.5) is 16.2 Å². The molecule has 0 bridgehead atoms. The number of carbonyl (C=O) groups excluding carboxylic acids is 2. The normalized spacial score (nSPS) is 15.7. The molecule has 1 fully saturated rings. The predicted molar refractivity (Wildman–Crippen MR) is 131 cm³/mol. The predicted octanol–water partition coefficient (Wildman–Crippen LogP) is 6.32. The van der Waals surface area contributed by atoms with Crippen LogP contribution in [0.25, 0.3) is 6.08 Å². The first-order valence-electron chi connectivity index (χ1n) is 9.74. The van der Waals surface area contributed by atoms with Crippen molar-refractivity contribution in [3.8, 4) is 11.8 Å². The highest BCUT2D eigenvalue weighted by Crippen LogP contribution is 2.48. The van der Waals surface area contributed by atoms with E-state index in [1.807, 2.05) is 54.6 Å². The van der Waals surface area contributed by atoms with Crippen LogP contribution >= 0.6 is 35.1 Å². The molecule has 2 amide bonds. The molecular weight excluding hydrogens is 460 g/mol. The smallest absolute Gasteiger partial charge is 0.290 e. The Morgan fingerprint density at radius 3 is 2.50 bits per heavy atom. The monoisotopic (exact) mass is 474 g/mol. The summed E-state index contributed by atoms with van der Waals surface area (Å²) >= 11 is 8.91. The van der Waals surface area contributed by atoms with E-state index in [4.69, 9.17) is 11.6 Å². The molecule has 0 aromatic heterocycles. The standard InChI is InChI=1S/C25H15ClN2O2S2/c26-18-11-12-22-20(15-18)28(19-5-1-2-6-21(19)31-22)13-3-4-16-7-9-17(10-8-16)14-23-24(29)27-25(30)32-23/h1-2,5-12,14-15H,13H2,(H,27,29,30). The van der Waals surface area contributed by atoms with Crippen molar-refractivity contribution in [3.63, 3.8) is 0 Å².